The highest BCUT2D eigenvalue weighted by Gasteiger charge is 2.56. The van der Waals surface area contributed by atoms with E-state index in [1.165, 1.54) is 43.0 Å². The first-order chi connectivity index (χ1) is 17.5. The molecule has 1 spiro atoms. The molecule has 7 nitrogen and oxygen atoms in total. The van der Waals surface area contributed by atoms with Gasteiger partial charge in [-0.2, -0.15) is 0 Å². The number of carbonyl (C=O) groups is 3. The molecule has 5 rings (SSSR count). The number of amides is 3. The number of H-pyrrole nitrogens is 1. The lowest BCUT2D eigenvalue weighted by Crippen LogP contribution is -2.52. The Morgan fingerprint density at radius 3 is 2.76 bits per heavy atom. The minimum Gasteiger partial charge on any atom is -0.350 e. The average Bonchev–Trinajstić information content (AvgIpc) is 3.51. The van der Waals surface area contributed by atoms with Crippen LogP contribution in [-0.2, 0) is 15.0 Å². The zero-order valence-electron chi connectivity index (χ0n) is 20.4. The van der Waals surface area contributed by atoms with Gasteiger partial charge >= 0.3 is 0 Å². The summed E-state index contributed by atoms with van der Waals surface area (Å²) in [6, 6.07) is 10.9. The van der Waals surface area contributed by atoms with Gasteiger partial charge < -0.3 is 20.5 Å². The second-order valence-corrected chi connectivity index (χ2v) is 10.3. The molecule has 2 aliphatic rings. The summed E-state index contributed by atoms with van der Waals surface area (Å²) in [5, 5.41) is 6.11. The molecule has 3 amide bonds. The predicted molar refractivity (Wildman–Crippen MR) is 135 cm³/mol. The molecular formula is C28H26F2N4O3. The Morgan fingerprint density at radius 1 is 1.27 bits per heavy atom. The lowest BCUT2D eigenvalue weighted by molar-refractivity contribution is -0.134. The summed E-state index contributed by atoms with van der Waals surface area (Å²) in [4.78, 5) is 44.2. The first-order valence-electron chi connectivity index (χ1n) is 12.0. The summed E-state index contributed by atoms with van der Waals surface area (Å²) >= 11 is 0. The number of carbonyl (C=O) groups excluding carboxylic acids is 3. The van der Waals surface area contributed by atoms with Gasteiger partial charge in [0.25, 0.3) is 5.91 Å². The topological polar surface area (TPSA) is 94.3 Å². The van der Waals surface area contributed by atoms with E-state index in [1.54, 1.807) is 6.07 Å². The van der Waals surface area contributed by atoms with Crippen LogP contribution < -0.4 is 10.6 Å². The first kappa shape index (κ1) is 24.5. The number of aromatic nitrogens is 1. The third-order valence-corrected chi connectivity index (χ3v) is 7.08. The molecule has 2 aliphatic heterocycles. The molecular weight excluding hydrogens is 478 g/mol. The van der Waals surface area contributed by atoms with Gasteiger partial charge in [-0.15, -0.1) is 6.42 Å². The number of alkyl halides is 1. The monoisotopic (exact) mass is 504 g/mol. The molecule has 0 saturated carbocycles. The molecule has 3 heterocycles. The number of nitrogens with zero attached hydrogens (tertiary/aromatic N) is 1. The van der Waals surface area contributed by atoms with Gasteiger partial charge in [0.15, 0.2) is 0 Å². The van der Waals surface area contributed by atoms with E-state index >= 15 is 0 Å². The number of anilines is 1. The molecule has 9 heteroatoms. The van der Waals surface area contributed by atoms with Crippen LogP contribution in [0.4, 0.5) is 14.5 Å². The van der Waals surface area contributed by atoms with Gasteiger partial charge in [-0.1, -0.05) is 24.1 Å². The maximum absolute atomic E-state index is 14.8. The van der Waals surface area contributed by atoms with Gasteiger partial charge in [0, 0.05) is 29.6 Å². The largest absolute Gasteiger partial charge is 0.350 e. The molecule has 3 atom stereocenters. The van der Waals surface area contributed by atoms with Crippen LogP contribution in [0.2, 0.25) is 0 Å². The molecule has 1 unspecified atom stereocenters. The van der Waals surface area contributed by atoms with Crippen LogP contribution in [0.5, 0.6) is 0 Å². The van der Waals surface area contributed by atoms with Crippen molar-refractivity contribution in [2.45, 2.75) is 49.9 Å². The van der Waals surface area contributed by atoms with Crippen LogP contribution in [-0.4, -0.2) is 51.9 Å². The molecule has 37 heavy (non-hydrogen) atoms. The van der Waals surface area contributed by atoms with Crippen molar-refractivity contribution < 1.29 is 23.2 Å². The summed E-state index contributed by atoms with van der Waals surface area (Å²) in [5.41, 5.74) is -0.874. The third-order valence-electron chi connectivity index (χ3n) is 7.08. The van der Waals surface area contributed by atoms with Gasteiger partial charge in [0.05, 0.1) is 11.5 Å². The number of terminal acetylenes is 1. The Kier molecular flexibility index (Phi) is 5.78. The highest BCUT2D eigenvalue weighted by molar-refractivity contribution is 6.07. The van der Waals surface area contributed by atoms with Crippen molar-refractivity contribution in [3.8, 4) is 12.3 Å². The zero-order valence-corrected chi connectivity index (χ0v) is 20.4. The smallest absolute Gasteiger partial charge is 0.268 e. The van der Waals surface area contributed by atoms with E-state index in [-0.39, 0.29) is 31.0 Å². The van der Waals surface area contributed by atoms with Crippen molar-refractivity contribution in [2.24, 2.45) is 0 Å². The summed E-state index contributed by atoms with van der Waals surface area (Å²) in [5.74, 6) is 0.672. The molecule has 0 aliphatic carbocycles. The van der Waals surface area contributed by atoms with Gasteiger partial charge in [-0.25, -0.2) is 8.78 Å². The summed E-state index contributed by atoms with van der Waals surface area (Å²) in [7, 11) is 0. The molecule has 3 N–H and O–H groups in total. The van der Waals surface area contributed by atoms with Crippen LogP contribution >= 0.6 is 0 Å². The molecule has 0 bridgehead atoms. The van der Waals surface area contributed by atoms with Gasteiger partial charge in [-0.05, 0) is 56.2 Å². The second-order valence-electron chi connectivity index (χ2n) is 10.3. The number of nitrogens with one attached hydrogen (secondary N) is 3. The Bertz CT molecular complexity index is 1470. The van der Waals surface area contributed by atoms with E-state index in [0.717, 1.165) is 5.56 Å². The van der Waals surface area contributed by atoms with Crippen molar-refractivity contribution in [1.82, 2.24) is 15.2 Å². The number of hydrogen-bond donors (Lipinski definition) is 3. The third kappa shape index (κ3) is 4.33. The van der Waals surface area contributed by atoms with Crippen LogP contribution in [0, 0.1) is 18.2 Å². The average molecular weight is 505 g/mol. The highest BCUT2D eigenvalue weighted by atomic mass is 19.1. The Morgan fingerprint density at radius 2 is 2.03 bits per heavy atom. The molecule has 0 radical (unpaired) electrons. The number of likely N-dealkylation sites (tertiary alicyclic amines) is 1. The zero-order chi connectivity index (χ0) is 26.5. The van der Waals surface area contributed by atoms with E-state index in [9.17, 15) is 23.2 Å². The quantitative estimate of drug-likeness (QED) is 0.463. The lowest BCUT2D eigenvalue weighted by atomic mass is 9.79. The lowest BCUT2D eigenvalue weighted by Gasteiger charge is -2.30. The van der Waals surface area contributed by atoms with Crippen LogP contribution in [0.15, 0.2) is 48.5 Å². The maximum atomic E-state index is 14.8. The molecule has 1 aromatic heterocycles. The summed E-state index contributed by atoms with van der Waals surface area (Å²) in [6.07, 6.45) is 5.68. The first-order valence-corrected chi connectivity index (χ1v) is 12.0. The number of fused-ring (bicyclic) bond motifs is 3. The van der Waals surface area contributed by atoms with Gasteiger partial charge in [0.1, 0.15) is 23.2 Å². The van der Waals surface area contributed by atoms with Crippen LogP contribution in [0.25, 0.3) is 10.9 Å². The van der Waals surface area contributed by atoms with Gasteiger partial charge in [-0.3, -0.25) is 14.4 Å². The summed E-state index contributed by atoms with van der Waals surface area (Å²) < 4.78 is 28.4. The van der Waals surface area contributed by atoms with Crippen molar-refractivity contribution in [3.05, 3.63) is 65.6 Å². The van der Waals surface area contributed by atoms with Crippen molar-refractivity contribution in [3.63, 3.8) is 0 Å². The fourth-order valence-corrected chi connectivity index (χ4v) is 5.36. The maximum Gasteiger partial charge on any atom is 0.268 e. The molecule has 1 fully saturated rings. The van der Waals surface area contributed by atoms with E-state index in [2.05, 4.69) is 21.5 Å². The Labute approximate surface area is 212 Å². The van der Waals surface area contributed by atoms with Crippen LogP contribution in [0.3, 0.4) is 0 Å². The SMILES string of the molecule is C#C[C@@H]1C[C@@]2(CN1C(=O)C(CC(C)(C)F)NC(=O)c1cc3ccc(F)cc3[nH]1)C(=O)Nc1ccccc12. The molecule has 2 aromatic carbocycles. The van der Waals surface area contributed by atoms with Crippen LogP contribution in [0.1, 0.15) is 42.7 Å². The van der Waals surface area contributed by atoms with E-state index in [0.29, 0.717) is 16.6 Å². The minimum atomic E-state index is -1.79. The number of aromatic amines is 1. The van der Waals surface area contributed by atoms with Gasteiger partial charge in [0.2, 0.25) is 11.8 Å². The second kappa shape index (κ2) is 8.73. The Balaban J connectivity index is 1.44. The van der Waals surface area contributed by atoms with Crippen molar-refractivity contribution in [1.29, 1.82) is 0 Å². The number of benzene rings is 2. The van der Waals surface area contributed by atoms with E-state index in [4.69, 9.17) is 6.42 Å². The normalized spacial score (nSPS) is 21.5. The number of halogens is 2. The highest BCUT2D eigenvalue weighted by Crippen LogP contribution is 2.46. The summed E-state index contributed by atoms with van der Waals surface area (Å²) in [6.45, 7) is 2.64. The van der Waals surface area contributed by atoms with Crippen molar-refractivity contribution in [2.75, 3.05) is 11.9 Å². The number of hydrogen-bond acceptors (Lipinski definition) is 3. The standard InChI is InChI=1S/C28H26F2N4O3/c1-4-18-13-28(19-7-5-6-8-20(19)33-26(28)37)15-34(18)25(36)23(14-27(2,3)30)32-24(35)22-11-16-9-10-17(29)12-21(16)31-22/h1,5-12,18,23,31H,13-15H2,2-3H3,(H,32,35)(H,33,37)/t18-,23?,28+/m1/s1. The minimum absolute atomic E-state index is 0.00823. The fraction of sp³-hybridized carbons (Fsp3) is 0.321. The number of para-hydroxylation sites is 1. The molecule has 190 valence electrons. The van der Waals surface area contributed by atoms with E-state index < -0.39 is 40.8 Å². The molecule has 3 aromatic rings. The van der Waals surface area contributed by atoms with E-state index in [1.807, 2.05) is 18.2 Å². The fourth-order valence-electron chi connectivity index (χ4n) is 5.36. The molecule has 1 saturated heterocycles. The van der Waals surface area contributed by atoms with Crippen molar-refractivity contribution >= 4 is 34.3 Å². The number of rotatable bonds is 5. The predicted octanol–water partition coefficient (Wildman–Crippen LogP) is 3.67. The Hall–Kier alpha value is -4.19.